The van der Waals surface area contributed by atoms with Crippen LogP contribution in [0.5, 0.6) is 0 Å². The zero-order valence-electron chi connectivity index (χ0n) is 20.7. The molecular formula is C30H29N3O4. The molecule has 37 heavy (non-hydrogen) atoms. The number of nitrogens with one attached hydrogen (secondary N) is 1. The van der Waals surface area contributed by atoms with Crippen LogP contribution in [-0.2, 0) is 11.2 Å². The average Bonchev–Trinajstić information content (AvgIpc) is 3.73. The summed E-state index contributed by atoms with van der Waals surface area (Å²) in [6.45, 7) is 1.90. The molecule has 0 radical (unpaired) electrons. The third-order valence-electron chi connectivity index (χ3n) is 6.95. The van der Waals surface area contributed by atoms with E-state index in [0.29, 0.717) is 30.3 Å². The normalized spacial score (nSPS) is 13.9. The Morgan fingerprint density at radius 3 is 2.57 bits per heavy atom. The first kappa shape index (κ1) is 24.4. The maximum absolute atomic E-state index is 13.1. The number of aliphatic carboxylic acids is 1. The molecular weight excluding hydrogens is 466 g/mol. The number of carboxylic acid groups (broad SMARTS) is 1. The summed E-state index contributed by atoms with van der Waals surface area (Å²) in [6, 6.07) is 19.6. The van der Waals surface area contributed by atoms with E-state index in [4.69, 9.17) is 0 Å². The van der Waals surface area contributed by atoms with Gasteiger partial charge in [-0.2, -0.15) is 0 Å². The predicted octanol–water partition coefficient (Wildman–Crippen LogP) is 4.99. The van der Waals surface area contributed by atoms with Crippen LogP contribution in [0.1, 0.15) is 48.5 Å². The van der Waals surface area contributed by atoms with Crippen molar-refractivity contribution < 1.29 is 14.7 Å². The van der Waals surface area contributed by atoms with E-state index in [1.54, 1.807) is 29.1 Å². The monoisotopic (exact) mass is 495 g/mol. The first-order chi connectivity index (χ1) is 17.9. The number of carbonyl (C=O) groups is 2. The number of hydrogen-bond donors (Lipinski definition) is 2. The number of carboxylic acids is 1. The Labute approximate surface area is 214 Å². The molecule has 1 atom stereocenters. The minimum Gasteiger partial charge on any atom is -0.481 e. The van der Waals surface area contributed by atoms with Gasteiger partial charge < -0.3 is 15.0 Å². The second-order valence-corrected chi connectivity index (χ2v) is 9.59. The second kappa shape index (κ2) is 10.4. The summed E-state index contributed by atoms with van der Waals surface area (Å²) in [4.78, 5) is 41.7. The molecule has 0 spiro atoms. The summed E-state index contributed by atoms with van der Waals surface area (Å²) in [5.41, 5.74) is 4.16. The first-order valence-corrected chi connectivity index (χ1v) is 12.7. The molecule has 1 unspecified atom stereocenters. The molecule has 7 nitrogen and oxygen atoms in total. The van der Waals surface area contributed by atoms with E-state index in [-0.39, 0.29) is 28.9 Å². The van der Waals surface area contributed by atoms with Crippen LogP contribution in [0.3, 0.4) is 0 Å². The van der Waals surface area contributed by atoms with Crippen molar-refractivity contribution in [1.29, 1.82) is 0 Å². The summed E-state index contributed by atoms with van der Waals surface area (Å²) in [6.07, 6.45) is 7.06. The van der Waals surface area contributed by atoms with Gasteiger partial charge in [-0.05, 0) is 73.1 Å². The lowest BCUT2D eigenvalue weighted by Gasteiger charge is -2.14. The Hall–Kier alpha value is -4.26. The van der Waals surface area contributed by atoms with Gasteiger partial charge in [0.1, 0.15) is 11.2 Å². The molecule has 0 aliphatic heterocycles. The van der Waals surface area contributed by atoms with E-state index < -0.39 is 5.97 Å². The molecule has 1 amide bonds. The summed E-state index contributed by atoms with van der Waals surface area (Å²) < 4.78 is 1.80. The topological polar surface area (TPSA) is 101 Å². The van der Waals surface area contributed by atoms with Crippen LogP contribution in [0.4, 0.5) is 0 Å². The standard InChI is InChI=1S/C30H29N3O4/c1-2-20(30(36)37)11-8-19-9-12-21(13-10-19)22-5-3-6-24(17-22)33-18-26(29(35)32-23-14-15-23)27(34)25-7-4-16-31-28(25)33/h3-7,9-10,12-13,16-18,20,23H,2,8,11,14-15H2,1H3,(H,32,35)(H,36,37). The van der Waals surface area contributed by atoms with E-state index in [1.807, 2.05) is 55.5 Å². The van der Waals surface area contributed by atoms with Crippen molar-refractivity contribution in [1.82, 2.24) is 14.9 Å². The van der Waals surface area contributed by atoms with Crippen LogP contribution >= 0.6 is 0 Å². The number of carbonyl (C=O) groups excluding carboxylic acids is 1. The van der Waals surface area contributed by atoms with Crippen molar-refractivity contribution >= 4 is 22.9 Å². The van der Waals surface area contributed by atoms with Crippen molar-refractivity contribution in [2.24, 2.45) is 5.92 Å². The number of rotatable bonds is 9. The lowest BCUT2D eigenvalue weighted by Crippen LogP contribution is -2.31. The second-order valence-electron chi connectivity index (χ2n) is 9.59. The number of pyridine rings is 2. The third kappa shape index (κ3) is 5.31. The highest BCUT2D eigenvalue weighted by molar-refractivity contribution is 5.97. The van der Waals surface area contributed by atoms with Crippen LogP contribution in [0.2, 0.25) is 0 Å². The lowest BCUT2D eigenvalue weighted by molar-refractivity contribution is -0.142. The summed E-state index contributed by atoms with van der Waals surface area (Å²) in [7, 11) is 0. The highest BCUT2D eigenvalue weighted by Crippen LogP contribution is 2.25. The minimum atomic E-state index is -0.742. The molecule has 4 aromatic rings. The quantitative estimate of drug-likeness (QED) is 0.341. The molecule has 1 aliphatic rings. The summed E-state index contributed by atoms with van der Waals surface area (Å²) >= 11 is 0. The molecule has 2 heterocycles. The average molecular weight is 496 g/mol. The fourth-order valence-corrected chi connectivity index (χ4v) is 4.55. The van der Waals surface area contributed by atoms with Gasteiger partial charge in [-0.1, -0.05) is 43.3 Å². The molecule has 2 aromatic carbocycles. The number of fused-ring (bicyclic) bond motifs is 1. The fraction of sp³-hybridized carbons (Fsp3) is 0.267. The van der Waals surface area contributed by atoms with E-state index in [1.165, 1.54) is 0 Å². The Bertz CT molecular complexity index is 1520. The molecule has 7 heteroatoms. The molecule has 1 saturated carbocycles. The third-order valence-corrected chi connectivity index (χ3v) is 6.95. The molecule has 0 bridgehead atoms. The van der Waals surface area contributed by atoms with E-state index in [2.05, 4.69) is 10.3 Å². The van der Waals surface area contributed by atoms with Crippen molar-refractivity contribution in [3.63, 3.8) is 0 Å². The number of benzene rings is 2. The van der Waals surface area contributed by atoms with Crippen molar-refractivity contribution in [2.75, 3.05) is 0 Å². The van der Waals surface area contributed by atoms with Crippen molar-refractivity contribution in [2.45, 2.75) is 45.1 Å². The zero-order chi connectivity index (χ0) is 25.9. The lowest BCUT2D eigenvalue weighted by atomic mass is 9.96. The highest BCUT2D eigenvalue weighted by Gasteiger charge is 2.26. The van der Waals surface area contributed by atoms with E-state index in [9.17, 15) is 19.5 Å². The van der Waals surface area contributed by atoms with Gasteiger partial charge in [0.2, 0.25) is 5.43 Å². The molecule has 2 N–H and O–H groups in total. The zero-order valence-corrected chi connectivity index (χ0v) is 20.7. The van der Waals surface area contributed by atoms with Gasteiger partial charge in [-0.25, -0.2) is 4.98 Å². The van der Waals surface area contributed by atoms with Crippen LogP contribution in [0.25, 0.3) is 27.8 Å². The van der Waals surface area contributed by atoms with Gasteiger partial charge in [0, 0.05) is 24.1 Å². The maximum atomic E-state index is 13.1. The number of nitrogens with zero attached hydrogens (tertiary/aromatic N) is 2. The molecule has 2 aromatic heterocycles. The molecule has 5 rings (SSSR count). The van der Waals surface area contributed by atoms with Crippen molar-refractivity contribution in [3.8, 4) is 16.8 Å². The van der Waals surface area contributed by atoms with Crippen LogP contribution in [-0.4, -0.2) is 32.6 Å². The Morgan fingerprint density at radius 1 is 1.08 bits per heavy atom. The van der Waals surface area contributed by atoms with Crippen molar-refractivity contribution in [3.05, 3.63) is 94.4 Å². The predicted molar refractivity (Wildman–Crippen MR) is 143 cm³/mol. The van der Waals surface area contributed by atoms with Gasteiger partial charge in [0.25, 0.3) is 5.91 Å². The van der Waals surface area contributed by atoms with Gasteiger partial charge >= 0.3 is 5.97 Å². The molecule has 1 fully saturated rings. The largest absolute Gasteiger partial charge is 0.481 e. The van der Waals surface area contributed by atoms with Crippen LogP contribution in [0, 0.1) is 5.92 Å². The van der Waals surface area contributed by atoms with Crippen LogP contribution < -0.4 is 10.7 Å². The fourth-order valence-electron chi connectivity index (χ4n) is 4.55. The van der Waals surface area contributed by atoms with E-state index >= 15 is 0 Å². The molecule has 0 saturated heterocycles. The van der Waals surface area contributed by atoms with Crippen LogP contribution in [0.15, 0.2) is 77.9 Å². The summed E-state index contributed by atoms with van der Waals surface area (Å²) in [5.74, 6) is -1.42. The highest BCUT2D eigenvalue weighted by atomic mass is 16.4. The Balaban J connectivity index is 1.47. The minimum absolute atomic E-state index is 0.105. The SMILES string of the molecule is CCC(CCc1ccc(-c2cccc(-n3cc(C(=O)NC4CC4)c(=O)c4cccnc43)c2)cc1)C(=O)O. The number of aryl methyl sites for hydroxylation is 1. The Kier molecular flexibility index (Phi) is 6.86. The molecule has 1 aliphatic carbocycles. The van der Waals surface area contributed by atoms with Gasteiger partial charge in [-0.3, -0.25) is 14.4 Å². The van der Waals surface area contributed by atoms with Gasteiger partial charge in [0.05, 0.1) is 11.3 Å². The first-order valence-electron chi connectivity index (χ1n) is 12.7. The summed E-state index contributed by atoms with van der Waals surface area (Å²) in [5, 5.41) is 12.6. The molecule has 188 valence electrons. The number of amides is 1. The van der Waals surface area contributed by atoms with Gasteiger partial charge in [0.15, 0.2) is 0 Å². The number of aromatic nitrogens is 2. The maximum Gasteiger partial charge on any atom is 0.306 e. The smallest absolute Gasteiger partial charge is 0.306 e. The Morgan fingerprint density at radius 2 is 1.86 bits per heavy atom. The van der Waals surface area contributed by atoms with Gasteiger partial charge in [-0.15, -0.1) is 0 Å². The number of hydrogen-bond acceptors (Lipinski definition) is 4. The van der Waals surface area contributed by atoms with E-state index in [0.717, 1.165) is 35.2 Å².